The highest BCUT2D eigenvalue weighted by molar-refractivity contribution is 5.90. The molecule has 3 fully saturated rings. The molecule has 6 atom stereocenters. The van der Waals surface area contributed by atoms with Gasteiger partial charge in [0.2, 0.25) is 0 Å². The maximum atomic E-state index is 12.3. The van der Waals surface area contributed by atoms with E-state index in [0.717, 1.165) is 0 Å². The average Bonchev–Trinajstić information content (AvgIpc) is 1.43. The Kier molecular flexibility index (Phi) is 11.5. The molecule has 6 aromatic heterocycles. The quantitative estimate of drug-likeness (QED) is 0.152. The van der Waals surface area contributed by atoms with Gasteiger partial charge in [0.15, 0.2) is 0 Å². The number of likely N-dealkylation sites (N-methyl/N-ethyl adjacent to an activating group) is 3. The van der Waals surface area contributed by atoms with Crippen molar-refractivity contribution in [3.05, 3.63) is 88.4 Å². The molecule has 3 aliphatic heterocycles. The van der Waals surface area contributed by atoms with E-state index in [-0.39, 0.29) is 125 Å². The van der Waals surface area contributed by atoms with Gasteiger partial charge in [0.1, 0.15) is 57.4 Å². The standard InChI is InChI=1S/3C17H22N6O/c3*1-11-5-6-23(15(24)8-18-3)9-14(11)22(4)17-13-7-12(2)21-16(13)19-10-20-17/h3*7,10-11,14H,5-6,8-9H2,1-2,4H3,(H,19,20,21)/t3*11-,14+/m111/s1/i1D3,7D,10D,11D;7D,10D,11D;1D3,7D,10D. The average molecular weight is 993 g/mol. The highest BCUT2D eigenvalue weighted by atomic mass is 16.2. The van der Waals surface area contributed by atoms with Crippen molar-refractivity contribution in [2.24, 2.45) is 17.7 Å². The number of amides is 3. The van der Waals surface area contributed by atoms with E-state index in [4.69, 9.17) is 38.9 Å². The summed E-state index contributed by atoms with van der Waals surface area (Å²) in [6.07, 6.45) is -0.113. The van der Waals surface area contributed by atoms with Crippen LogP contribution in [0.1, 0.15) is 76.2 Å². The molecule has 9 heterocycles. The molecule has 3 saturated heterocycles. The highest BCUT2D eigenvalue weighted by Gasteiger charge is 2.36. The minimum absolute atomic E-state index is 0.0659. The minimum atomic E-state index is -2.64. The fourth-order valence-electron chi connectivity index (χ4n) is 9.13. The molecule has 21 heteroatoms. The lowest BCUT2D eigenvalue weighted by molar-refractivity contribution is -0.131. The molecular formula is C51H66N18O3. The van der Waals surface area contributed by atoms with E-state index >= 15 is 0 Å². The predicted molar refractivity (Wildman–Crippen MR) is 278 cm³/mol. The molecule has 21 nitrogen and oxygen atoms in total. The summed E-state index contributed by atoms with van der Waals surface area (Å²) in [5.74, 6) is -3.65. The van der Waals surface area contributed by atoms with E-state index in [0.29, 0.717) is 69.9 Å². The third kappa shape index (κ3) is 11.5. The summed E-state index contributed by atoms with van der Waals surface area (Å²) in [6.45, 7) is 23.1. The van der Waals surface area contributed by atoms with Gasteiger partial charge in [-0.1, -0.05) is 20.6 Å². The topological polar surface area (TPSA) is 208 Å². The molecule has 0 spiro atoms. The zero-order valence-electron chi connectivity index (χ0n) is 55.2. The van der Waals surface area contributed by atoms with Gasteiger partial charge in [0, 0.05) is 88.5 Å². The van der Waals surface area contributed by atoms with Gasteiger partial charge in [-0.05, 0) is 75.9 Å². The van der Waals surface area contributed by atoms with Crippen molar-refractivity contribution in [1.82, 2.24) is 59.6 Å². The lowest BCUT2D eigenvalue weighted by Crippen LogP contribution is -2.53. The molecule has 9 rings (SSSR count). The van der Waals surface area contributed by atoms with Crippen molar-refractivity contribution in [3.8, 4) is 0 Å². The van der Waals surface area contributed by atoms with Crippen molar-refractivity contribution < 1.29 is 33.6 Å². The molecule has 3 amide bonds. The molecule has 378 valence electrons. The Hall–Kier alpha value is -7.86. The third-order valence-corrected chi connectivity index (χ3v) is 13.1. The van der Waals surface area contributed by atoms with Gasteiger partial charge in [-0.3, -0.25) is 14.4 Å². The number of fused-ring (bicyclic) bond motifs is 3. The minimum Gasteiger partial charge on any atom is -0.354 e. The second-order valence-electron chi connectivity index (χ2n) is 17.9. The van der Waals surface area contributed by atoms with Crippen LogP contribution in [0.4, 0.5) is 17.5 Å². The first kappa shape index (κ1) is 36.1. The molecule has 3 aliphatic rings. The number of piperidine rings is 3. The van der Waals surface area contributed by atoms with Crippen LogP contribution >= 0.6 is 0 Å². The molecule has 0 aromatic carbocycles. The van der Waals surface area contributed by atoms with E-state index in [2.05, 4.69) is 59.4 Å². The number of H-pyrrole nitrogens is 3. The fourth-order valence-corrected chi connectivity index (χ4v) is 9.13. The van der Waals surface area contributed by atoms with E-state index in [1.807, 2.05) is 6.92 Å². The number of likely N-dealkylation sites (tertiary alicyclic amines) is 3. The molecule has 0 saturated carbocycles. The molecule has 0 unspecified atom stereocenters. The molecule has 3 N–H and O–H groups in total. The van der Waals surface area contributed by atoms with Gasteiger partial charge >= 0.3 is 17.7 Å². The van der Waals surface area contributed by atoms with Gasteiger partial charge in [-0.15, -0.1) is 0 Å². The van der Waals surface area contributed by atoms with Crippen LogP contribution in [0.2, 0.25) is 0 Å². The van der Waals surface area contributed by atoms with Crippen LogP contribution in [0.15, 0.2) is 37.0 Å². The summed E-state index contributed by atoms with van der Waals surface area (Å²) in [4.78, 5) is 89.0. The molecule has 6 aromatic rings. The van der Waals surface area contributed by atoms with Crippen LogP contribution in [0, 0.1) is 58.2 Å². The number of anilines is 3. The van der Waals surface area contributed by atoms with E-state index < -0.39 is 55.4 Å². The molecular weight excluding hydrogens is 913 g/mol. The Morgan fingerprint density at radius 1 is 0.597 bits per heavy atom. The summed E-state index contributed by atoms with van der Waals surface area (Å²) >= 11 is 0. The zero-order valence-corrected chi connectivity index (χ0v) is 41.2. The normalized spacial score (nSPS) is 26.0. The number of hydrogen-bond donors (Lipinski definition) is 3. The van der Waals surface area contributed by atoms with Crippen LogP contribution in [-0.4, -0.2) is 175 Å². The van der Waals surface area contributed by atoms with Crippen LogP contribution in [0.3, 0.4) is 0 Å². The van der Waals surface area contributed by atoms with E-state index in [1.54, 1.807) is 56.6 Å². The summed E-state index contributed by atoms with van der Waals surface area (Å²) in [5.41, 5.74) is 2.76. The summed E-state index contributed by atoms with van der Waals surface area (Å²) in [7, 11) is 4.98. The Bertz CT molecular complexity index is 3700. The van der Waals surface area contributed by atoms with Crippen LogP contribution in [0.25, 0.3) is 47.6 Å². The number of aryl methyl sites for hydroxylation is 3. The molecule has 0 aliphatic carbocycles. The Morgan fingerprint density at radius 2 is 0.944 bits per heavy atom. The summed E-state index contributed by atoms with van der Waals surface area (Å²) in [5, 5.41) is 1.24. The number of rotatable bonds is 9. The number of carbonyl (C=O) groups excluding carboxylic acids is 3. The van der Waals surface area contributed by atoms with Gasteiger partial charge in [0.25, 0.3) is 19.6 Å². The lowest BCUT2D eigenvalue weighted by Gasteiger charge is -2.41. The van der Waals surface area contributed by atoms with Crippen molar-refractivity contribution in [1.29, 1.82) is 0 Å². The van der Waals surface area contributed by atoms with Crippen molar-refractivity contribution in [3.63, 3.8) is 0 Å². The monoisotopic (exact) mass is 993 g/mol. The Balaban J connectivity index is 0.000000185. The van der Waals surface area contributed by atoms with E-state index in [1.165, 1.54) is 14.7 Å². The summed E-state index contributed by atoms with van der Waals surface area (Å²) in [6, 6.07) is -1.45. The van der Waals surface area contributed by atoms with Crippen LogP contribution < -0.4 is 14.7 Å². The lowest BCUT2D eigenvalue weighted by atomic mass is 9.92. The van der Waals surface area contributed by atoms with Crippen LogP contribution in [-0.2, 0) is 14.4 Å². The first-order valence-corrected chi connectivity index (χ1v) is 23.1. The number of aromatic amines is 3. The predicted octanol–water partition coefficient (Wildman–Crippen LogP) is 5.58. The largest absolute Gasteiger partial charge is 0.354 e. The van der Waals surface area contributed by atoms with Crippen molar-refractivity contribution >= 4 is 68.3 Å². The van der Waals surface area contributed by atoms with Gasteiger partial charge in [-0.25, -0.2) is 49.6 Å². The highest BCUT2D eigenvalue weighted by Crippen LogP contribution is 2.32. The SMILES string of the molecule is [2H]c1nc(N(C)[C@H]2CN(C(=O)C[N+]#[C-])CC[C@@]2([2H])C([2H])([2H])[2H])c2c([2H])c(C)[nH]c2n1.[2H]c1nc(N(C)[C@H]2CN(C(=O)C[N+]#[C-])CC[C@@]2([2H])C)c2c([2H])c(C)[nH]c2n1.[2H]c1nc(N(C)[C@H]2CN(C(=O)C[N+]#[C-])CC[C@H]2C([2H])([2H])[2H])c2c([2H])c(C)[nH]c2n1. The first-order valence-electron chi connectivity index (χ1n) is 30.1. The zero-order chi connectivity index (χ0) is 63.9. The number of aromatic nitrogens is 9. The Morgan fingerprint density at radius 3 is 1.32 bits per heavy atom. The number of carbonyl (C=O) groups is 3. The van der Waals surface area contributed by atoms with Gasteiger partial charge in [-0.2, -0.15) is 0 Å². The second-order valence-corrected chi connectivity index (χ2v) is 17.9. The van der Waals surface area contributed by atoms with Gasteiger partial charge < -0.3 is 58.9 Å². The molecule has 0 bridgehead atoms. The summed E-state index contributed by atoms with van der Waals surface area (Å²) < 4.78 is 114. The van der Waals surface area contributed by atoms with Crippen molar-refractivity contribution in [2.45, 2.75) is 78.8 Å². The maximum absolute atomic E-state index is 12.3. The van der Waals surface area contributed by atoms with E-state index in [9.17, 15) is 14.4 Å². The third-order valence-electron chi connectivity index (χ3n) is 13.1. The fraction of sp³-hybridized carbons (Fsp3) is 0.529. The number of nitrogens with zero attached hydrogens (tertiary/aromatic N) is 15. The number of nitrogens with one attached hydrogen (secondary N) is 3. The van der Waals surface area contributed by atoms with Crippen molar-refractivity contribution in [2.75, 3.05) is 94.7 Å². The second kappa shape index (κ2) is 22.9. The number of hydrogen-bond acceptors (Lipinski definition) is 12. The Labute approximate surface area is 440 Å². The molecule has 72 heavy (non-hydrogen) atoms. The molecule has 0 radical (unpaired) electrons. The first-order chi connectivity index (χ1) is 40.1. The maximum Gasteiger partial charge on any atom is 0.302 e. The van der Waals surface area contributed by atoms with Crippen LogP contribution in [0.5, 0.6) is 0 Å². The van der Waals surface area contributed by atoms with Gasteiger partial charge in [0.05, 0.1) is 38.4 Å². The smallest absolute Gasteiger partial charge is 0.302 e.